The first-order chi connectivity index (χ1) is 8.11. The SMILES string of the molecule is CNC(C)(CO)CCCN1CCCCCC1C. The number of rotatable bonds is 6. The number of nitrogens with zero attached hydrogens (tertiary/aromatic N) is 1. The van der Waals surface area contributed by atoms with Crippen molar-refractivity contribution < 1.29 is 5.11 Å². The molecular weight excluding hydrogens is 212 g/mol. The van der Waals surface area contributed by atoms with E-state index in [0.29, 0.717) is 0 Å². The molecule has 2 unspecified atom stereocenters. The van der Waals surface area contributed by atoms with Gasteiger partial charge in [0, 0.05) is 11.6 Å². The van der Waals surface area contributed by atoms with Crippen LogP contribution in [0.5, 0.6) is 0 Å². The van der Waals surface area contributed by atoms with Gasteiger partial charge < -0.3 is 15.3 Å². The lowest BCUT2D eigenvalue weighted by molar-refractivity contribution is 0.155. The third kappa shape index (κ3) is 4.94. The van der Waals surface area contributed by atoms with Crippen LogP contribution in [0, 0.1) is 0 Å². The van der Waals surface area contributed by atoms with E-state index in [4.69, 9.17) is 0 Å². The molecule has 1 rings (SSSR count). The number of hydrogen-bond acceptors (Lipinski definition) is 3. The van der Waals surface area contributed by atoms with Gasteiger partial charge in [-0.15, -0.1) is 0 Å². The standard InChI is InChI=1S/C14H30N2O/c1-13-8-5-4-6-10-16(13)11-7-9-14(2,12-17)15-3/h13,15,17H,4-12H2,1-3H3. The Morgan fingerprint density at radius 3 is 2.76 bits per heavy atom. The van der Waals surface area contributed by atoms with Crippen LogP contribution in [0.15, 0.2) is 0 Å². The van der Waals surface area contributed by atoms with Crippen molar-refractivity contribution in [2.24, 2.45) is 0 Å². The molecule has 2 atom stereocenters. The summed E-state index contributed by atoms with van der Waals surface area (Å²) in [6, 6.07) is 0.743. The second-order valence-electron chi connectivity index (χ2n) is 5.81. The van der Waals surface area contributed by atoms with E-state index >= 15 is 0 Å². The molecule has 0 aromatic rings. The van der Waals surface area contributed by atoms with Crippen molar-refractivity contribution in [2.75, 3.05) is 26.7 Å². The second kappa shape index (κ2) is 7.34. The number of likely N-dealkylation sites (N-methyl/N-ethyl adjacent to an activating group) is 1. The molecule has 102 valence electrons. The largest absolute Gasteiger partial charge is 0.394 e. The topological polar surface area (TPSA) is 35.5 Å². The molecule has 0 amide bonds. The molecule has 1 aliphatic heterocycles. The minimum absolute atomic E-state index is 0.102. The highest BCUT2D eigenvalue weighted by atomic mass is 16.3. The van der Waals surface area contributed by atoms with Gasteiger partial charge in [0.15, 0.2) is 0 Å². The average molecular weight is 242 g/mol. The Labute approximate surface area is 107 Å². The number of likely N-dealkylation sites (tertiary alicyclic amines) is 1. The van der Waals surface area contributed by atoms with Crippen LogP contribution in [0.1, 0.15) is 52.4 Å². The van der Waals surface area contributed by atoms with Crippen molar-refractivity contribution >= 4 is 0 Å². The van der Waals surface area contributed by atoms with Crippen LogP contribution >= 0.6 is 0 Å². The van der Waals surface area contributed by atoms with Crippen LogP contribution in [0.2, 0.25) is 0 Å². The molecule has 0 bridgehead atoms. The smallest absolute Gasteiger partial charge is 0.0610 e. The maximum absolute atomic E-state index is 9.34. The monoisotopic (exact) mass is 242 g/mol. The minimum atomic E-state index is -0.102. The van der Waals surface area contributed by atoms with Gasteiger partial charge in [-0.25, -0.2) is 0 Å². The molecule has 0 radical (unpaired) electrons. The Balaban J connectivity index is 2.29. The molecule has 0 aromatic carbocycles. The van der Waals surface area contributed by atoms with Gasteiger partial charge in [-0.05, 0) is 59.7 Å². The normalized spacial score (nSPS) is 26.5. The Morgan fingerprint density at radius 1 is 1.35 bits per heavy atom. The predicted octanol–water partition coefficient (Wildman–Crippen LogP) is 2.00. The van der Waals surface area contributed by atoms with E-state index in [0.717, 1.165) is 12.5 Å². The first kappa shape index (κ1) is 14.9. The van der Waals surface area contributed by atoms with Crippen LogP contribution in [-0.4, -0.2) is 48.3 Å². The van der Waals surface area contributed by atoms with Crippen molar-refractivity contribution in [1.82, 2.24) is 10.2 Å². The molecule has 17 heavy (non-hydrogen) atoms. The van der Waals surface area contributed by atoms with Crippen LogP contribution in [0.25, 0.3) is 0 Å². The summed E-state index contributed by atoms with van der Waals surface area (Å²) in [6.07, 6.45) is 7.70. The highest BCUT2D eigenvalue weighted by molar-refractivity contribution is 4.81. The van der Waals surface area contributed by atoms with Gasteiger partial charge in [-0.3, -0.25) is 0 Å². The highest BCUT2D eigenvalue weighted by Crippen LogP contribution is 2.18. The number of hydrogen-bond donors (Lipinski definition) is 2. The van der Waals surface area contributed by atoms with Gasteiger partial charge in [0.1, 0.15) is 0 Å². The number of aliphatic hydroxyl groups is 1. The summed E-state index contributed by atoms with van der Waals surface area (Å²) < 4.78 is 0. The Kier molecular flexibility index (Phi) is 6.45. The maximum atomic E-state index is 9.34. The minimum Gasteiger partial charge on any atom is -0.394 e. The summed E-state index contributed by atoms with van der Waals surface area (Å²) in [5.74, 6) is 0. The summed E-state index contributed by atoms with van der Waals surface area (Å²) >= 11 is 0. The lowest BCUT2D eigenvalue weighted by atomic mass is 9.97. The highest BCUT2D eigenvalue weighted by Gasteiger charge is 2.22. The molecule has 1 aliphatic rings. The summed E-state index contributed by atoms with van der Waals surface area (Å²) in [5, 5.41) is 12.6. The fourth-order valence-electron chi connectivity index (χ4n) is 2.62. The third-order valence-corrected chi connectivity index (χ3v) is 4.32. The zero-order valence-electron chi connectivity index (χ0n) is 11.8. The summed E-state index contributed by atoms with van der Waals surface area (Å²) in [4.78, 5) is 2.63. The molecule has 1 saturated heterocycles. The van der Waals surface area contributed by atoms with Crippen LogP contribution < -0.4 is 5.32 Å². The van der Waals surface area contributed by atoms with Crippen LogP contribution in [0.3, 0.4) is 0 Å². The van der Waals surface area contributed by atoms with E-state index < -0.39 is 0 Å². The number of aliphatic hydroxyl groups excluding tert-OH is 1. The van der Waals surface area contributed by atoms with Crippen molar-refractivity contribution in [3.63, 3.8) is 0 Å². The molecule has 0 spiro atoms. The Morgan fingerprint density at radius 2 is 2.12 bits per heavy atom. The first-order valence-corrected chi connectivity index (χ1v) is 7.15. The summed E-state index contributed by atoms with van der Waals surface area (Å²) in [6.45, 7) is 7.11. The molecule has 3 heteroatoms. The van der Waals surface area contributed by atoms with Crippen LogP contribution in [-0.2, 0) is 0 Å². The number of nitrogens with one attached hydrogen (secondary N) is 1. The van der Waals surface area contributed by atoms with E-state index in [1.807, 2.05) is 7.05 Å². The third-order valence-electron chi connectivity index (χ3n) is 4.32. The van der Waals surface area contributed by atoms with Gasteiger partial charge in [0.05, 0.1) is 6.61 Å². The predicted molar refractivity (Wildman–Crippen MR) is 73.3 cm³/mol. The maximum Gasteiger partial charge on any atom is 0.0610 e. The lowest BCUT2D eigenvalue weighted by Gasteiger charge is -2.30. The van der Waals surface area contributed by atoms with Crippen molar-refractivity contribution in [2.45, 2.75) is 64.0 Å². The van der Waals surface area contributed by atoms with Gasteiger partial charge in [-0.1, -0.05) is 12.8 Å². The van der Waals surface area contributed by atoms with Crippen molar-refractivity contribution in [3.05, 3.63) is 0 Å². The molecule has 0 saturated carbocycles. The Hall–Kier alpha value is -0.120. The molecule has 0 aliphatic carbocycles. The Bertz CT molecular complexity index is 204. The van der Waals surface area contributed by atoms with E-state index in [1.165, 1.54) is 45.2 Å². The zero-order chi connectivity index (χ0) is 12.7. The van der Waals surface area contributed by atoms with Crippen molar-refractivity contribution in [1.29, 1.82) is 0 Å². The second-order valence-corrected chi connectivity index (χ2v) is 5.81. The quantitative estimate of drug-likeness (QED) is 0.748. The zero-order valence-corrected chi connectivity index (χ0v) is 11.8. The average Bonchev–Trinajstić information content (AvgIpc) is 2.54. The fraction of sp³-hybridized carbons (Fsp3) is 1.00. The molecule has 3 nitrogen and oxygen atoms in total. The van der Waals surface area contributed by atoms with Gasteiger partial charge in [0.25, 0.3) is 0 Å². The fourth-order valence-corrected chi connectivity index (χ4v) is 2.62. The lowest BCUT2D eigenvalue weighted by Crippen LogP contribution is -2.44. The van der Waals surface area contributed by atoms with E-state index in [1.54, 1.807) is 0 Å². The summed E-state index contributed by atoms with van der Waals surface area (Å²) in [7, 11) is 1.94. The van der Waals surface area contributed by atoms with E-state index in [9.17, 15) is 5.11 Å². The molecular formula is C14H30N2O. The molecule has 1 heterocycles. The van der Waals surface area contributed by atoms with Gasteiger partial charge >= 0.3 is 0 Å². The van der Waals surface area contributed by atoms with Gasteiger partial charge in [0.2, 0.25) is 0 Å². The first-order valence-electron chi connectivity index (χ1n) is 7.15. The molecule has 1 fully saturated rings. The van der Waals surface area contributed by atoms with E-state index in [2.05, 4.69) is 24.1 Å². The van der Waals surface area contributed by atoms with Gasteiger partial charge in [-0.2, -0.15) is 0 Å². The molecule has 2 N–H and O–H groups in total. The van der Waals surface area contributed by atoms with Crippen LogP contribution in [0.4, 0.5) is 0 Å². The van der Waals surface area contributed by atoms with Crippen molar-refractivity contribution in [3.8, 4) is 0 Å². The summed E-state index contributed by atoms with van der Waals surface area (Å²) in [5.41, 5.74) is -0.102. The molecule has 0 aromatic heterocycles. The van der Waals surface area contributed by atoms with E-state index in [-0.39, 0.29) is 12.1 Å².